The molecule has 2 N–H and O–H groups in total. The van der Waals surface area contributed by atoms with Crippen molar-refractivity contribution in [3.05, 3.63) is 24.3 Å². The predicted molar refractivity (Wildman–Crippen MR) is 133 cm³/mol. The van der Waals surface area contributed by atoms with Gasteiger partial charge in [-0.15, -0.1) is 13.2 Å². The van der Waals surface area contributed by atoms with Crippen molar-refractivity contribution in [2.75, 3.05) is 38.2 Å². The number of halogens is 3. The predicted octanol–water partition coefficient (Wildman–Crippen LogP) is 4.73. The van der Waals surface area contributed by atoms with E-state index >= 15 is 0 Å². The third kappa shape index (κ3) is 8.51. The minimum absolute atomic E-state index is 0.00451. The van der Waals surface area contributed by atoms with Crippen LogP contribution in [0.25, 0.3) is 0 Å². The molecule has 0 unspecified atom stereocenters. The van der Waals surface area contributed by atoms with Crippen LogP contribution in [-0.2, 0) is 14.3 Å². The average molecular weight is 526 g/mol. The molecule has 1 saturated heterocycles. The zero-order chi connectivity index (χ0) is 26.5. The zero-order valence-corrected chi connectivity index (χ0v) is 21.4. The molecular formula is C27H38F3N3O4. The fourth-order valence-electron chi connectivity index (χ4n) is 5.50. The van der Waals surface area contributed by atoms with Crippen LogP contribution in [0.3, 0.4) is 0 Å². The Morgan fingerprint density at radius 1 is 1.11 bits per heavy atom. The smallest absolute Gasteiger partial charge is 0.406 e. The molecule has 206 valence electrons. The number of carbonyl (C=O) groups excluding carboxylic acids is 2. The summed E-state index contributed by atoms with van der Waals surface area (Å²) in [6.45, 7) is 4.43. The molecule has 1 spiro atoms. The van der Waals surface area contributed by atoms with Crippen LogP contribution in [0, 0.1) is 17.3 Å². The van der Waals surface area contributed by atoms with Crippen LogP contribution in [0.2, 0.25) is 0 Å². The van der Waals surface area contributed by atoms with E-state index in [2.05, 4.69) is 15.4 Å². The van der Waals surface area contributed by atoms with Gasteiger partial charge in [-0.25, -0.2) is 0 Å². The first kappa shape index (κ1) is 27.5. The van der Waals surface area contributed by atoms with E-state index in [1.807, 2.05) is 6.92 Å². The van der Waals surface area contributed by atoms with Gasteiger partial charge < -0.3 is 25.0 Å². The Kier molecular flexibility index (Phi) is 8.87. The molecule has 1 aromatic carbocycles. The summed E-state index contributed by atoms with van der Waals surface area (Å²) < 4.78 is 46.3. The van der Waals surface area contributed by atoms with Crippen LogP contribution in [0.15, 0.2) is 24.3 Å². The van der Waals surface area contributed by atoms with Crippen molar-refractivity contribution in [1.82, 2.24) is 10.2 Å². The van der Waals surface area contributed by atoms with Crippen molar-refractivity contribution >= 4 is 17.5 Å². The number of hydrogen-bond donors (Lipinski definition) is 2. The van der Waals surface area contributed by atoms with Crippen molar-refractivity contribution in [2.45, 2.75) is 70.7 Å². The van der Waals surface area contributed by atoms with E-state index in [9.17, 15) is 22.8 Å². The quantitative estimate of drug-likeness (QED) is 0.462. The van der Waals surface area contributed by atoms with Gasteiger partial charge in [-0.05, 0) is 87.5 Å². The number of rotatable bonds is 10. The number of amides is 2. The molecule has 7 nitrogen and oxygen atoms in total. The molecule has 3 aliphatic rings. The van der Waals surface area contributed by atoms with Crippen LogP contribution >= 0.6 is 0 Å². The molecule has 2 amide bonds. The maximum Gasteiger partial charge on any atom is 0.573 e. The van der Waals surface area contributed by atoms with E-state index in [1.165, 1.54) is 49.9 Å². The first-order chi connectivity index (χ1) is 17.6. The second-order valence-electron chi connectivity index (χ2n) is 10.9. The van der Waals surface area contributed by atoms with Gasteiger partial charge in [-0.2, -0.15) is 0 Å². The Morgan fingerprint density at radius 3 is 2.35 bits per heavy atom. The van der Waals surface area contributed by atoms with Gasteiger partial charge in [0.15, 0.2) is 0 Å². The molecule has 1 aromatic rings. The van der Waals surface area contributed by atoms with E-state index in [0.717, 1.165) is 19.3 Å². The Labute approximate surface area is 216 Å². The molecule has 10 heteroatoms. The first-order valence-electron chi connectivity index (χ1n) is 13.4. The lowest BCUT2D eigenvalue weighted by atomic mass is 9.75. The molecule has 0 radical (unpaired) electrons. The summed E-state index contributed by atoms with van der Waals surface area (Å²) in [4.78, 5) is 28.1. The molecule has 0 bridgehead atoms. The summed E-state index contributed by atoms with van der Waals surface area (Å²) in [5, 5.41) is 6.18. The maximum atomic E-state index is 13.3. The van der Waals surface area contributed by atoms with Crippen molar-refractivity contribution < 1.29 is 32.2 Å². The largest absolute Gasteiger partial charge is 0.573 e. The highest BCUT2D eigenvalue weighted by Gasteiger charge is 2.45. The minimum Gasteiger partial charge on any atom is -0.406 e. The Bertz CT molecular complexity index is 904. The second kappa shape index (κ2) is 11.9. The average Bonchev–Trinajstić information content (AvgIpc) is 3.63. The summed E-state index contributed by atoms with van der Waals surface area (Å²) in [7, 11) is 0. The van der Waals surface area contributed by atoms with Crippen LogP contribution in [-0.4, -0.2) is 62.0 Å². The second-order valence-corrected chi connectivity index (χ2v) is 10.9. The molecule has 1 aliphatic heterocycles. The van der Waals surface area contributed by atoms with Crippen LogP contribution < -0.4 is 15.4 Å². The van der Waals surface area contributed by atoms with Gasteiger partial charge in [0, 0.05) is 43.7 Å². The van der Waals surface area contributed by atoms with Gasteiger partial charge in [0.05, 0.1) is 13.2 Å². The van der Waals surface area contributed by atoms with Gasteiger partial charge in [0.25, 0.3) is 0 Å². The van der Waals surface area contributed by atoms with E-state index in [4.69, 9.17) is 4.74 Å². The number of benzene rings is 1. The van der Waals surface area contributed by atoms with Crippen molar-refractivity contribution in [3.63, 3.8) is 0 Å². The number of alkyl halides is 3. The van der Waals surface area contributed by atoms with Gasteiger partial charge in [-0.3, -0.25) is 9.59 Å². The van der Waals surface area contributed by atoms with Crippen LogP contribution in [0.5, 0.6) is 5.75 Å². The van der Waals surface area contributed by atoms with Gasteiger partial charge in [0.1, 0.15) is 5.75 Å². The van der Waals surface area contributed by atoms with E-state index < -0.39 is 6.36 Å². The molecule has 3 fully saturated rings. The lowest BCUT2D eigenvalue weighted by molar-refractivity contribution is -0.274. The summed E-state index contributed by atoms with van der Waals surface area (Å²) in [6, 6.07) is 5.23. The Hall–Kier alpha value is -2.49. The number of hydrogen-bond acceptors (Lipinski definition) is 5. The number of carbonyl (C=O) groups is 2. The molecule has 1 heterocycles. The Balaban J connectivity index is 1.29. The minimum atomic E-state index is -4.73. The zero-order valence-electron chi connectivity index (χ0n) is 21.4. The number of nitrogens with one attached hydrogen (secondary N) is 2. The molecule has 2 aliphatic carbocycles. The number of ether oxygens (including phenoxy) is 2. The summed E-state index contributed by atoms with van der Waals surface area (Å²) >= 11 is 0. The van der Waals surface area contributed by atoms with Crippen molar-refractivity contribution in [2.24, 2.45) is 17.3 Å². The molecule has 37 heavy (non-hydrogen) atoms. The summed E-state index contributed by atoms with van der Waals surface area (Å²) in [6.07, 6.45) is 3.58. The van der Waals surface area contributed by atoms with Crippen LogP contribution in [0.4, 0.5) is 18.9 Å². The first-order valence-corrected chi connectivity index (χ1v) is 13.4. The standard InChI is InChI=1S/C27H38F3N3O4/c1-19(18-31-22-2-4-23(5-3-22)37-27(28,29)30)32-25(35)21(17-24(34)33-12-14-36-15-13-33)16-20-6-8-26(9-7-20)10-11-26/h2-5,19-21,31H,6-18H2,1H3,(H,32,35)/t19-,21-/m0/s1. The fraction of sp³-hybridized carbons (Fsp3) is 0.704. The van der Waals surface area contributed by atoms with Crippen LogP contribution in [0.1, 0.15) is 58.3 Å². The Morgan fingerprint density at radius 2 is 1.76 bits per heavy atom. The highest BCUT2D eigenvalue weighted by Crippen LogP contribution is 2.57. The number of anilines is 1. The summed E-state index contributed by atoms with van der Waals surface area (Å²) in [5.41, 5.74) is 1.20. The topological polar surface area (TPSA) is 79.9 Å². The van der Waals surface area contributed by atoms with Crippen molar-refractivity contribution in [3.8, 4) is 5.75 Å². The van der Waals surface area contributed by atoms with E-state index in [0.29, 0.717) is 49.9 Å². The third-order valence-corrected chi connectivity index (χ3v) is 7.99. The number of morpholine rings is 1. The van der Waals surface area contributed by atoms with Crippen molar-refractivity contribution in [1.29, 1.82) is 0 Å². The van der Waals surface area contributed by atoms with E-state index in [1.54, 1.807) is 4.90 Å². The lowest BCUT2D eigenvalue weighted by Gasteiger charge is -2.32. The fourth-order valence-corrected chi connectivity index (χ4v) is 5.50. The SMILES string of the molecule is C[C@@H](CNc1ccc(OC(F)(F)F)cc1)NC(=O)[C@H](CC(=O)N1CCOCC1)CC1CCC2(CC1)CC2. The molecule has 4 rings (SSSR count). The highest BCUT2D eigenvalue weighted by atomic mass is 19.4. The maximum absolute atomic E-state index is 13.3. The summed E-state index contributed by atoms with van der Waals surface area (Å²) in [5.74, 6) is -0.316. The van der Waals surface area contributed by atoms with Gasteiger partial charge in [-0.1, -0.05) is 0 Å². The van der Waals surface area contributed by atoms with E-state index in [-0.39, 0.29) is 35.9 Å². The third-order valence-electron chi connectivity index (χ3n) is 7.99. The molecular weight excluding hydrogens is 487 g/mol. The highest BCUT2D eigenvalue weighted by molar-refractivity contribution is 5.86. The normalized spacial score (nSPS) is 21.2. The van der Waals surface area contributed by atoms with Gasteiger partial charge >= 0.3 is 6.36 Å². The number of nitrogens with zero attached hydrogens (tertiary/aromatic N) is 1. The molecule has 2 saturated carbocycles. The molecule has 2 atom stereocenters. The van der Waals surface area contributed by atoms with Gasteiger partial charge in [0.2, 0.25) is 11.8 Å². The molecule has 0 aromatic heterocycles. The lowest BCUT2D eigenvalue weighted by Crippen LogP contribution is -2.45. The monoisotopic (exact) mass is 525 g/mol.